The molecule has 112 valence electrons. The van der Waals surface area contributed by atoms with Crippen molar-refractivity contribution < 1.29 is 13.2 Å². The van der Waals surface area contributed by atoms with Crippen LogP contribution in [0.4, 0.5) is 0 Å². The zero-order chi connectivity index (χ0) is 14.2. The summed E-state index contributed by atoms with van der Waals surface area (Å²) in [5, 5.41) is 0. The van der Waals surface area contributed by atoms with Crippen molar-refractivity contribution in [3.63, 3.8) is 0 Å². The Morgan fingerprint density at radius 1 is 1.40 bits per heavy atom. The van der Waals surface area contributed by atoms with Crippen molar-refractivity contribution in [3.8, 4) is 0 Å². The molecule has 7 heteroatoms. The van der Waals surface area contributed by atoms with Crippen molar-refractivity contribution in [1.29, 1.82) is 0 Å². The summed E-state index contributed by atoms with van der Waals surface area (Å²) in [5.41, 5.74) is 6.58. The van der Waals surface area contributed by atoms with E-state index in [1.807, 2.05) is 4.57 Å². The van der Waals surface area contributed by atoms with E-state index in [-0.39, 0.29) is 5.92 Å². The summed E-state index contributed by atoms with van der Waals surface area (Å²) in [6.07, 6.45) is 4.84. The Morgan fingerprint density at radius 3 is 2.80 bits per heavy atom. The summed E-state index contributed by atoms with van der Waals surface area (Å²) in [4.78, 5) is 0.323. The fourth-order valence-corrected chi connectivity index (χ4v) is 3.72. The molecule has 0 radical (unpaired) electrons. The molecule has 1 unspecified atom stereocenters. The van der Waals surface area contributed by atoms with E-state index in [1.54, 1.807) is 12.3 Å². The van der Waals surface area contributed by atoms with Gasteiger partial charge in [-0.05, 0) is 31.2 Å². The van der Waals surface area contributed by atoms with Crippen LogP contribution in [0.5, 0.6) is 0 Å². The van der Waals surface area contributed by atoms with Gasteiger partial charge in [-0.15, -0.1) is 0 Å². The van der Waals surface area contributed by atoms with E-state index < -0.39 is 10.0 Å². The van der Waals surface area contributed by atoms with Crippen molar-refractivity contribution in [3.05, 3.63) is 18.0 Å². The van der Waals surface area contributed by atoms with Crippen molar-refractivity contribution in [2.24, 2.45) is 11.7 Å². The molecule has 3 rings (SSSR count). The third-order valence-electron chi connectivity index (χ3n) is 3.95. The molecular formula is C13H21N3O3S. The summed E-state index contributed by atoms with van der Waals surface area (Å²) in [6, 6.07) is 2.12. The van der Waals surface area contributed by atoms with Gasteiger partial charge < -0.3 is 15.0 Å². The van der Waals surface area contributed by atoms with Crippen LogP contribution in [0, 0.1) is 5.92 Å². The smallest absolute Gasteiger partial charge is 0.242 e. The summed E-state index contributed by atoms with van der Waals surface area (Å²) < 4.78 is 34.6. The monoisotopic (exact) mass is 299 g/mol. The Morgan fingerprint density at radius 2 is 2.20 bits per heavy atom. The first-order valence-electron chi connectivity index (χ1n) is 7.08. The molecule has 1 aliphatic heterocycles. The number of hydrogen-bond acceptors (Lipinski definition) is 4. The summed E-state index contributed by atoms with van der Waals surface area (Å²) in [7, 11) is -3.45. The molecule has 1 saturated heterocycles. The third kappa shape index (κ3) is 2.90. The molecule has 0 spiro atoms. The Bertz CT molecular complexity index is 572. The van der Waals surface area contributed by atoms with Crippen LogP contribution in [0.15, 0.2) is 17.2 Å². The van der Waals surface area contributed by atoms with E-state index in [4.69, 9.17) is 10.5 Å². The Hall–Kier alpha value is -0.890. The summed E-state index contributed by atoms with van der Waals surface area (Å²) in [5.74, 6) is 0.282. The van der Waals surface area contributed by atoms with E-state index >= 15 is 0 Å². The lowest BCUT2D eigenvalue weighted by atomic mass is 10.1. The van der Waals surface area contributed by atoms with Gasteiger partial charge in [0.25, 0.3) is 0 Å². The number of hydrogen-bond donors (Lipinski definition) is 2. The normalized spacial score (nSPS) is 23.4. The molecule has 2 aliphatic rings. The lowest BCUT2D eigenvalue weighted by Gasteiger charge is -2.09. The largest absolute Gasteiger partial charge is 0.381 e. The standard InChI is InChI=1S/C13H21N3O3S/c14-6-12-5-13(8-16(12)11-1-2-11)20(17,18)15-7-10-3-4-19-9-10/h5,8,10-11,15H,1-4,6-7,9,14H2. The highest BCUT2D eigenvalue weighted by Gasteiger charge is 2.28. The van der Waals surface area contributed by atoms with Gasteiger partial charge >= 0.3 is 0 Å². The molecule has 20 heavy (non-hydrogen) atoms. The molecule has 3 N–H and O–H groups in total. The number of aromatic nitrogens is 1. The highest BCUT2D eigenvalue weighted by Crippen LogP contribution is 2.37. The third-order valence-corrected chi connectivity index (χ3v) is 5.34. The van der Waals surface area contributed by atoms with Gasteiger partial charge in [-0.2, -0.15) is 0 Å². The van der Waals surface area contributed by atoms with Gasteiger partial charge in [0.05, 0.1) is 11.5 Å². The van der Waals surface area contributed by atoms with Gasteiger partial charge in [0.15, 0.2) is 0 Å². The quantitative estimate of drug-likeness (QED) is 0.805. The number of ether oxygens (including phenoxy) is 1. The van der Waals surface area contributed by atoms with Gasteiger partial charge in [-0.25, -0.2) is 13.1 Å². The molecule has 1 saturated carbocycles. The molecule has 1 atom stereocenters. The molecule has 1 aromatic heterocycles. The van der Waals surface area contributed by atoms with Crippen molar-refractivity contribution in [1.82, 2.24) is 9.29 Å². The molecule has 2 heterocycles. The van der Waals surface area contributed by atoms with E-state index in [2.05, 4.69) is 4.72 Å². The van der Waals surface area contributed by atoms with Crippen LogP contribution >= 0.6 is 0 Å². The average Bonchev–Trinajstić information content (AvgIpc) is 2.98. The molecular weight excluding hydrogens is 278 g/mol. The minimum Gasteiger partial charge on any atom is -0.381 e. The fraction of sp³-hybridized carbons (Fsp3) is 0.692. The van der Waals surface area contributed by atoms with Crippen molar-refractivity contribution in [2.75, 3.05) is 19.8 Å². The Kier molecular flexibility index (Phi) is 3.85. The second kappa shape index (κ2) is 5.48. The van der Waals surface area contributed by atoms with Crippen LogP contribution in [0.2, 0.25) is 0 Å². The number of nitrogens with two attached hydrogens (primary N) is 1. The maximum atomic E-state index is 12.3. The lowest BCUT2D eigenvalue weighted by Crippen LogP contribution is -2.29. The Labute approximate surface area is 119 Å². The second-order valence-corrected chi connectivity index (χ2v) is 7.36. The predicted molar refractivity (Wildman–Crippen MR) is 74.7 cm³/mol. The highest BCUT2D eigenvalue weighted by atomic mass is 32.2. The fourth-order valence-electron chi connectivity index (χ4n) is 2.56. The number of nitrogens with zero attached hydrogens (tertiary/aromatic N) is 1. The predicted octanol–water partition coefficient (Wildman–Crippen LogP) is 0.596. The molecule has 0 bridgehead atoms. The topological polar surface area (TPSA) is 86.3 Å². The van der Waals surface area contributed by atoms with Crippen LogP contribution in [0.3, 0.4) is 0 Å². The molecule has 6 nitrogen and oxygen atoms in total. The molecule has 1 aliphatic carbocycles. The molecule has 1 aromatic rings. The first kappa shape index (κ1) is 14.1. The first-order chi connectivity index (χ1) is 9.60. The first-order valence-corrected chi connectivity index (χ1v) is 8.56. The molecule has 0 amide bonds. The number of nitrogens with one attached hydrogen (secondary N) is 1. The average molecular weight is 299 g/mol. The van der Waals surface area contributed by atoms with Crippen LogP contribution in [0.25, 0.3) is 0 Å². The van der Waals surface area contributed by atoms with Gasteiger partial charge in [0.2, 0.25) is 10.0 Å². The number of sulfonamides is 1. The van der Waals surface area contributed by atoms with Crippen molar-refractivity contribution in [2.45, 2.75) is 36.7 Å². The number of rotatable bonds is 6. The van der Waals surface area contributed by atoms with E-state index in [9.17, 15) is 8.42 Å². The summed E-state index contributed by atoms with van der Waals surface area (Å²) >= 11 is 0. The van der Waals surface area contributed by atoms with Crippen LogP contribution < -0.4 is 10.5 Å². The highest BCUT2D eigenvalue weighted by molar-refractivity contribution is 7.89. The van der Waals surface area contributed by atoms with Gasteiger partial charge in [-0.1, -0.05) is 0 Å². The van der Waals surface area contributed by atoms with Gasteiger partial charge in [0, 0.05) is 37.6 Å². The molecule has 2 fully saturated rings. The Balaban J connectivity index is 1.72. The molecule has 0 aromatic carbocycles. The minimum absolute atomic E-state index is 0.282. The minimum atomic E-state index is -3.45. The van der Waals surface area contributed by atoms with Gasteiger partial charge in [0.1, 0.15) is 0 Å². The van der Waals surface area contributed by atoms with E-state index in [1.165, 1.54) is 0 Å². The van der Waals surface area contributed by atoms with Crippen LogP contribution in [-0.4, -0.2) is 32.7 Å². The van der Waals surface area contributed by atoms with E-state index in [0.717, 1.165) is 31.6 Å². The lowest BCUT2D eigenvalue weighted by molar-refractivity contribution is 0.186. The zero-order valence-electron chi connectivity index (χ0n) is 11.4. The maximum absolute atomic E-state index is 12.3. The SMILES string of the molecule is NCc1cc(S(=O)(=O)NCC2CCOC2)cn1C1CC1. The second-order valence-electron chi connectivity index (χ2n) is 5.59. The maximum Gasteiger partial charge on any atom is 0.242 e. The summed E-state index contributed by atoms with van der Waals surface area (Å²) in [6.45, 7) is 2.17. The van der Waals surface area contributed by atoms with Crippen LogP contribution in [0.1, 0.15) is 31.0 Å². The van der Waals surface area contributed by atoms with Crippen LogP contribution in [-0.2, 0) is 21.3 Å². The zero-order valence-corrected chi connectivity index (χ0v) is 12.2. The van der Waals surface area contributed by atoms with Gasteiger partial charge in [-0.3, -0.25) is 0 Å². The van der Waals surface area contributed by atoms with E-state index in [0.29, 0.717) is 30.6 Å². The van der Waals surface area contributed by atoms with Crippen molar-refractivity contribution >= 4 is 10.0 Å².